The highest BCUT2D eigenvalue weighted by atomic mass is 19.1. The molecule has 4 fully saturated rings. The van der Waals surface area contributed by atoms with Crippen LogP contribution < -0.4 is 15.0 Å². The fourth-order valence-electron chi connectivity index (χ4n) is 8.40. The molecule has 0 aliphatic carbocycles. The van der Waals surface area contributed by atoms with Crippen molar-refractivity contribution in [2.75, 3.05) is 51.4 Å². The number of phenolic OH excluding ortho intramolecular Hbond substituents is 1. The molecule has 4 aliphatic heterocycles. The third-order valence-corrected chi connectivity index (χ3v) is 10.2. The van der Waals surface area contributed by atoms with Crippen molar-refractivity contribution in [3.63, 3.8) is 0 Å². The fraction of sp³-hybridized carbons (Fsp3) is 0.417. The molecule has 10 heteroatoms. The number of rotatable bonds is 7. The summed E-state index contributed by atoms with van der Waals surface area (Å²) in [5.41, 5.74) is 2.13. The van der Waals surface area contributed by atoms with Gasteiger partial charge in [-0.15, -0.1) is 6.42 Å². The van der Waals surface area contributed by atoms with Crippen LogP contribution in [0.5, 0.6) is 11.8 Å². The summed E-state index contributed by atoms with van der Waals surface area (Å²) in [5, 5.41) is 16.1. The summed E-state index contributed by atoms with van der Waals surface area (Å²) in [6, 6.07) is 9.40. The molecule has 3 unspecified atom stereocenters. The molecule has 2 aromatic carbocycles. The summed E-state index contributed by atoms with van der Waals surface area (Å²) in [6.07, 6.45) is 11.4. The number of pyridine rings is 1. The van der Waals surface area contributed by atoms with Crippen molar-refractivity contribution >= 4 is 27.5 Å². The number of methoxy groups -OCH3 is 1. The monoisotopic (exact) mass is 620 g/mol. The molecule has 2 N–H and O–H groups in total. The van der Waals surface area contributed by atoms with Crippen LogP contribution in [0, 0.1) is 24.1 Å². The normalized spacial score (nSPS) is 25.8. The molecule has 236 valence electrons. The molecule has 0 radical (unpaired) electrons. The lowest BCUT2D eigenvalue weighted by atomic mass is 9.90. The second kappa shape index (κ2) is 11.2. The van der Waals surface area contributed by atoms with Gasteiger partial charge >= 0.3 is 6.01 Å². The summed E-state index contributed by atoms with van der Waals surface area (Å²) in [7, 11) is 1.74. The van der Waals surface area contributed by atoms with Gasteiger partial charge in [-0.25, -0.2) is 4.39 Å². The summed E-state index contributed by atoms with van der Waals surface area (Å²) >= 11 is 0. The Morgan fingerprint density at radius 1 is 1.20 bits per heavy atom. The second-order valence-electron chi connectivity index (χ2n) is 13.4. The molecule has 8 rings (SSSR count). The van der Waals surface area contributed by atoms with E-state index in [-0.39, 0.29) is 28.5 Å². The predicted molar refractivity (Wildman–Crippen MR) is 176 cm³/mol. The van der Waals surface area contributed by atoms with Crippen LogP contribution in [0.1, 0.15) is 31.2 Å². The molecular formula is C36H37FN6O3. The molecular weight excluding hydrogens is 583 g/mol. The van der Waals surface area contributed by atoms with Gasteiger partial charge in [0.15, 0.2) is 5.82 Å². The number of anilines is 1. The van der Waals surface area contributed by atoms with Crippen molar-refractivity contribution < 1.29 is 19.0 Å². The van der Waals surface area contributed by atoms with Crippen molar-refractivity contribution in [1.82, 2.24) is 25.2 Å². The van der Waals surface area contributed by atoms with Gasteiger partial charge in [-0.3, -0.25) is 9.88 Å². The number of aromatic hydroxyl groups is 1. The zero-order chi connectivity index (χ0) is 31.6. The van der Waals surface area contributed by atoms with E-state index in [0.29, 0.717) is 64.3 Å². The van der Waals surface area contributed by atoms with Gasteiger partial charge in [-0.05, 0) is 55.2 Å². The molecule has 2 bridgehead atoms. The number of fused-ring (bicyclic) bond motifs is 5. The Balaban J connectivity index is 1.24. The Hall–Kier alpha value is -4.30. The molecule has 4 saturated heterocycles. The van der Waals surface area contributed by atoms with Crippen LogP contribution in [0.15, 0.2) is 48.7 Å². The van der Waals surface area contributed by atoms with Gasteiger partial charge in [0.25, 0.3) is 0 Å². The van der Waals surface area contributed by atoms with E-state index >= 15 is 4.39 Å². The highest BCUT2D eigenvalue weighted by molar-refractivity contribution is 6.02. The van der Waals surface area contributed by atoms with Crippen molar-refractivity contribution in [1.29, 1.82) is 0 Å². The average molecular weight is 621 g/mol. The third-order valence-electron chi connectivity index (χ3n) is 10.2. The van der Waals surface area contributed by atoms with E-state index in [4.69, 9.17) is 25.9 Å². The van der Waals surface area contributed by atoms with Crippen LogP contribution in [-0.4, -0.2) is 89.1 Å². The predicted octanol–water partition coefficient (Wildman–Crippen LogP) is 4.66. The minimum atomic E-state index is -0.613. The topological polar surface area (TPSA) is 95.9 Å². The lowest BCUT2D eigenvalue weighted by molar-refractivity contribution is 0.107. The summed E-state index contributed by atoms with van der Waals surface area (Å²) in [6.45, 7) is 8.60. The highest BCUT2D eigenvalue weighted by Gasteiger charge is 2.50. The fourth-order valence-corrected chi connectivity index (χ4v) is 8.40. The first-order chi connectivity index (χ1) is 22.3. The van der Waals surface area contributed by atoms with E-state index < -0.39 is 5.82 Å². The SMILES string of the molecule is C#Cc1cccc2cc(O)cc(-c3ncc4c(N5CC6CCC(C5)N6)nc(OCC56CC(=C)CN5C[C@@H](COC)C6)nc4c3F)c12. The highest BCUT2D eigenvalue weighted by Crippen LogP contribution is 2.44. The summed E-state index contributed by atoms with van der Waals surface area (Å²) < 4.78 is 28.8. The van der Waals surface area contributed by atoms with E-state index in [1.165, 1.54) is 11.6 Å². The summed E-state index contributed by atoms with van der Waals surface area (Å²) in [4.78, 5) is 18.9. The second-order valence-corrected chi connectivity index (χ2v) is 13.4. The van der Waals surface area contributed by atoms with Crippen LogP contribution in [0.25, 0.3) is 32.9 Å². The van der Waals surface area contributed by atoms with Gasteiger partial charge in [0.1, 0.15) is 29.4 Å². The number of phenols is 1. The minimum Gasteiger partial charge on any atom is -0.508 e. The van der Waals surface area contributed by atoms with Gasteiger partial charge in [0.2, 0.25) is 0 Å². The lowest BCUT2D eigenvalue weighted by Crippen LogP contribution is -2.51. The Morgan fingerprint density at radius 2 is 2.02 bits per heavy atom. The van der Waals surface area contributed by atoms with Crippen LogP contribution in [0.4, 0.5) is 10.2 Å². The van der Waals surface area contributed by atoms with Crippen LogP contribution in [-0.2, 0) is 4.74 Å². The number of halogens is 1. The van der Waals surface area contributed by atoms with Crippen LogP contribution in [0.2, 0.25) is 0 Å². The lowest BCUT2D eigenvalue weighted by Gasteiger charge is -2.34. The maximum atomic E-state index is 16.9. The zero-order valence-electron chi connectivity index (χ0n) is 25.9. The molecule has 0 amide bonds. The van der Waals surface area contributed by atoms with E-state index in [2.05, 4.69) is 32.6 Å². The Bertz CT molecular complexity index is 1910. The molecule has 4 aromatic rings. The van der Waals surface area contributed by atoms with Crippen LogP contribution in [0.3, 0.4) is 0 Å². The first kappa shape index (κ1) is 29.1. The number of nitrogens with zero attached hydrogens (tertiary/aromatic N) is 5. The molecule has 0 spiro atoms. The maximum Gasteiger partial charge on any atom is 0.319 e. The molecule has 46 heavy (non-hydrogen) atoms. The minimum absolute atomic E-state index is 0.00744. The number of aromatic nitrogens is 3. The Labute approximate surface area is 267 Å². The smallest absolute Gasteiger partial charge is 0.319 e. The number of hydrogen-bond acceptors (Lipinski definition) is 9. The van der Waals surface area contributed by atoms with Crippen LogP contribution >= 0.6 is 0 Å². The maximum absolute atomic E-state index is 16.9. The van der Waals surface area contributed by atoms with Crippen molar-refractivity contribution in [3.05, 3.63) is 60.1 Å². The molecule has 6 heterocycles. The first-order valence-corrected chi connectivity index (χ1v) is 16.0. The quantitative estimate of drug-likeness (QED) is 0.226. The van der Waals surface area contributed by atoms with Crippen molar-refractivity contribution in [3.8, 4) is 35.4 Å². The van der Waals surface area contributed by atoms with E-state index in [9.17, 15) is 5.11 Å². The van der Waals surface area contributed by atoms with E-state index in [1.807, 2.05) is 12.1 Å². The molecule has 0 saturated carbocycles. The number of benzene rings is 2. The van der Waals surface area contributed by atoms with E-state index in [0.717, 1.165) is 51.9 Å². The number of hydrogen-bond donors (Lipinski definition) is 2. The number of ether oxygens (including phenoxy) is 2. The Kier molecular flexibility index (Phi) is 7.09. The molecule has 4 atom stereocenters. The third kappa shape index (κ3) is 4.85. The van der Waals surface area contributed by atoms with Gasteiger partial charge in [-0.1, -0.05) is 30.2 Å². The first-order valence-electron chi connectivity index (χ1n) is 16.0. The molecule has 4 aliphatic rings. The van der Waals surface area contributed by atoms with Gasteiger partial charge in [-0.2, -0.15) is 9.97 Å². The van der Waals surface area contributed by atoms with E-state index in [1.54, 1.807) is 25.4 Å². The average Bonchev–Trinajstić information content (AvgIpc) is 3.66. The molecule has 9 nitrogen and oxygen atoms in total. The number of nitrogens with one attached hydrogen (secondary N) is 1. The Morgan fingerprint density at radius 3 is 2.80 bits per heavy atom. The van der Waals surface area contributed by atoms with Gasteiger partial charge in [0.05, 0.1) is 17.5 Å². The van der Waals surface area contributed by atoms with Gasteiger partial charge < -0.3 is 24.8 Å². The van der Waals surface area contributed by atoms with Gasteiger partial charge in [0, 0.05) is 68.1 Å². The number of terminal acetylenes is 1. The largest absolute Gasteiger partial charge is 0.508 e. The standard InChI is InChI=1S/C36H37FN6O3/c1-4-23-6-5-7-24-10-27(44)11-28(30(23)24)32-31(37)33-29(14-38-32)34(42-17-25-8-9-26(18-42)39-25)41-35(40-33)46-20-36-12-21(2)15-43(36)16-22(13-36)19-45-3/h1,5-7,10-11,14,22,25-26,39,44H,2,8-9,12-13,15-20H2,3H3/t22-,25?,26?,36?/m0/s1. The van der Waals surface area contributed by atoms with Crippen molar-refractivity contribution in [2.24, 2.45) is 5.92 Å². The summed E-state index contributed by atoms with van der Waals surface area (Å²) in [5.74, 6) is 3.10. The van der Waals surface area contributed by atoms with Crippen molar-refractivity contribution in [2.45, 2.75) is 43.3 Å². The molecule has 2 aromatic heterocycles. The number of piperazine rings is 1. The zero-order valence-corrected chi connectivity index (χ0v) is 25.9.